The number of esters is 2. The molecule has 0 N–H and O–H groups in total. The van der Waals surface area contributed by atoms with Gasteiger partial charge in [0.2, 0.25) is 0 Å². The number of ether oxygens (including phenoxy) is 6. The summed E-state index contributed by atoms with van der Waals surface area (Å²) in [4.78, 5) is 26.3. The zero-order valence-electron chi connectivity index (χ0n) is 33.5. The van der Waals surface area contributed by atoms with E-state index in [0.29, 0.717) is 23.0 Å². The van der Waals surface area contributed by atoms with Crippen LogP contribution in [0, 0.1) is 11.8 Å². The van der Waals surface area contributed by atoms with E-state index in [4.69, 9.17) is 28.4 Å². The van der Waals surface area contributed by atoms with Crippen LogP contribution in [0.4, 0.5) is 0 Å². The van der Waals surface area contributed by atoms with E-state index in [1.807, 2.05) is 72.8 Å². The fourth-order valence-corrected chi connectivity index (χ4v) is 7.35. The van der Waals surface area contributed by atoms with Crippen molar-refractivity contribution in [3.63, 3.8) is 0 Å². The highest BCUT2D eigenvalue weighted by Crippen LogP contribution is 2.32. The molecule has 0 bridgehead atoms. The molecular formula is C48H58O8. The largest absolute Gasteiger partial charge is 0.493 e. The van der Waals surface area contributed by atoms with E-state index in [9.17, 15) is 9.59 Å². The average Bonchev–Trinajstić information content (AvgIpc) is 3.84. The maximum atomic E-state index is 13.1. The molecule has 8 heteroatoms. The van der Waals surface area contributed by atoms with Crippen molar-refractivity contribution >= 4 is 11.9 Å². The summed E-state index contributed by atoms with van der Waals surface area (Å²) in [6.07, 6.45) is 7.24. The van der Waals surface area contributed by atoms with Crippen molar-refractivity contribution in [1.29, 1.82) is 0 Å². The monoisotopic (exact) mass is 762 g/mol. The molecule has 8 nitrogen and oxygen atoms in total. The zero-order chi connectivity index (χ0) is 39.3. The van der Waals surface area contributed by atoms with Crippen molar-refractivity contribution in [2.45, 2.75) is 103 Å². The van der Waals surface area contributed by atoms with Crippen molar-refractivity contribution < 1.29 is 38.0 Å². The maximum absolute atomic E-state index is 13.1. The third-order valence-corrected chi connectivity index (χ3v) is 11.2. The Morgan fingerprint density at radius 1 is 0.536 bits per heavy atom. The second-order valence-corrected chi connectivity index (χ2v) is 15.1. The van der Waals surface area contributed by atoms with Gasteiger partial charge >= 0.3 is 11.9 Å². The summed E-state index contributed by atoms with van der Waals surface area (Å²) in [5, 5.41) is 0. The van der Waals surface area contributed by atoms with E-state index >= 15 is 0 Å². The number of rotatable bonds is 20. The quantitative estimate of drug-likeness (QED) is 0.0822. The Balaban J connectivity index is 0.953. The summed E-state index contributed by atoms with van der Waals surface area (Å²) in [5.74, 6) is 1.97. The minimum atomic E-state index is -0.608. The van der Waals surface area contributed by atoms with Crippen molar-refractivity contribution in [2.75, 3.05) is 26.4 Å². The molecule has 2 aliphatic rings. The first-order valence-corrected chi connectivity index (χ1v) is 20.7. The summed E-state index contributed by atoms with van der Waals surface area (Å²) in [6.45, 7) is 10.7. The van der Waals surface area contributed by atoms with Crippen molar-refractivity contribution in [2.24, 2.45) is 11.8 Å². The van der Waals surface area contributed by atoms with Gasteiger partial charge in [0, 0.05) is 0 Å². The lowest BCUT2D eigenvalue weighted by Crippen LogP contribution is -2.36. The number of hydrogen-bond donors (Lipinski definition) is 0. The van der Waals surface area contributed by atoms with E-state index < -0.39 is 36.4 Å². The lowest BCUT2D eigenvalue weighted by molar-refractivity contribution is -0.0287. The number of carbonyl (C=O) groups is 2. The molecule has 6 atom stereocenters. The Hall–Kier alpha value is -4.66. The molecule has 0 amide bonds. The zero-order valence-corrected chi connectivity index (χ0v) is 33.5. The predicted molar refractivity (Wildman–Crippen MR) is 219 cm³/mol. The van der Waals surface area contributed by atoms with Gasteiger partial charge in [-0.3, -0.25) is 0 Å². The molecule has 4 aromatic rings. The molecule has 0 aliphatic carbocycles. The summed E-state index contributed by atoms with van der Waals surface area (Å²) >= 11 is 0. The molecule has 298 valence electrons. The molecular weight excluding hydrogens is 705 g/mol. The first kappa shape index (κ1) is 41.0. The van der Waals surface area contributed by atoms with Crippen LogP contribution in [0.1, 0.15) is 99.8 Å². The Labute approximate surface area is 332 Å². The van der Waals surface area contributed by atoms with E-state index in [1.165, 1.54) is 38.5 Å². The van der Waals surface area contributed by atoms with Gasteiger partial charge in [-0.2, -0.15) is 0 Å². The molecule has 0 spiro atoms. The normalized spacial score (nSPS) is 19.9. The van der Waals surface area contributed by atoms with Gasteiger partial charge in [0.1, 0.15) is 23.7 Å². The van der Waals surface area contributed by atoms with Gasteiger partial charge in [0.15, 0.2) is 12.2 Å². The van der Waals surface area contributed by atoms with Gasteiger partial charge in [0.05, 0.1) is 37.6 Å². The van der Waals surface area contributed by atoms with Crippen LogP contribution in [0.15, 0.2) is 97.1 Å². The lowest BCUT2D eigenvalue weighted by Gasteiger charge is -2.17. The molecule has 0 aromatic heterocycles. The number of fused-ring (bicyclic) bond motifs is 1. The van der Waals surface area contributed by atoms with Crippen molar-refractivity contribution in [3.05, 3.63) is 108 Å². The Morgan fingerprint density at radius 2 is 0.875 bits per heavy atom. The number of hydrogen-bond acceptors (Lipinski definition) is 8. The van der Waals surface area contributed by atoms with Gasteiger partial charge in [-0.25, -0.2) is 9.59 Å². The molecule has 0 saturated carbocycles. The fourth-order valence-electron chi connectivity index (χ4n) is 7.35. The van der Waals surface area contributed by atoms with E-state index in [1.54, 1.807) is 24.3 Å². The maximum Gasteiger partial charge on any atom is 0.338 e. The van der Waals surface area contributed by atoms with Gasteiger partial charge in [-0.15, -0.1) is 0 Å². The summed E-state index contributed by atoms with van der Waals surface area (Å²) < 4.78 is 35.7. The van der Waals surface area contributed by atoms with Gasteiger partial charge in [0.25, 0.3) is 0 Å². The van der Waals surface area contributed by atoms with Crippen LogP contribution in [-0.4, -0.2) is 62.8 Å². The smallest absolute Gasteiger partial charge is 0.338 e. The molecule has 56 heavy (non-hydrogen) atoms. The van der Waals surface area contributed by atoms with Gasteiger partial charge < -0.3 is 28.4 Å². The molecule has 2 fully saturated rings. The minimum Gasteiger partial charge on any atom is -0.493 e. The third-order valence-electron chi connectivity index (χ3n) is 11.2. The van der Waals surface area contributed by atoms with Crippen LogP contribution < -0.4 is 9.47 Å². The molecule has 6 rings (SSSR count). The Morgan fingerprint density at radius 3 is 1.20 bits per heavy atom. The number of benzene rings is 4. The SMILES string of the molecule is CCCCC(CC)COc1ccc(-c2ccc(C(=O)O[C@H]3COC4C3OC[C@H]4OC(=O)c3ccc(-c4ccc(OCC(CC)CCCC)cc4)cc3)cc2)cc1. The molecule has 2 heterocycles. The highest BCUT2D eigenvalue weighted by molar-refractivity contribution is 5.91. The predicted octanol–water partition coefficient (Wildman–Crippen LogP) is 10.8. The first-order valence-electron chi connectivity index (χ1n) is 20.7. The molecule has 4 aromatic carbocycles. The van der Waals surface area contributed by atoms with Gasteiger partial charge in [-0.1, -0.05) is 115 Å². The van der Waals surface area contributed by atoms with Crippen molar-refractivity contribution in [1.82, 2.24) is 0 Å². The van der Waals surface area contributed by atoms with Crippen molar-refractivity contribution in [3.8, 4) is 33.8 Å². The van der Waals surface area contributed by atoms with Crippen LogP contribution in [0.3, 0.4) is 0 Å². The highest BCUT2D eigenvalue weighted by atomic mass is 16.7. The highest BCUT2D eigenvalue weighted by Gasteiger charge is 2.51. The fraction of sp³-hybridized carbons (Fsp3) is 0.458. The van der Waals surface area contributed by atoms with Crippen LogP contribution in [0.5, 0.6) is 11.5 Å². The lowest BCUT2D eigenvalue weighted by atomic mass is 10.0. The Kier molecular flexibility index (Phi) is 15.0. The minimum absolute atomic E-state index is 0.163. The second-order valence-electron chi connectivity index (χ2n) is 15.1. The molecule has 2 aliphatic heterocycles. The summed E-state index contributed by atoms with van der Waals surface area (Å²) in [7, 11) is 0. The summed E-state index contributed by atoms with van der Waals surface area (Å²) in [6, 6.07) is 30.8. The van der Waals surface area contributed by atoms with E-state index in [-0.39, 0.29) is 13.2 Å². The van der Waals surface area contributed by atoms with E-state index in [2.05, 4.69) is 27.7 Å². The molecule has 0 radical (unpaired) electrons. The van der Waals surface area contributed by atoms with Crippen LogP contribution in [-0.2, 0) is 18.9 Å². The third kappa shape index (κ3) is 10.8. The average molecular weight is 763 g/mol. The molecule has 2 saturated heterocycles. The van der Waals surface area contributed by atoms with E-state index in [0.717, 1.165) is 59.8 Å². The Bertz CT molecular complexity index is 1670. The van der Waals surface area contributed by atoms with Crippen LogP contribution in [0.2, 0.25) is 0 Å². The molecule has 4 unspecified atom stereocenters. The summed E-state index contributed by atoms with van der Waals surface area (Å²) in [5.41, 5.74) is 4.92. The number of unbranched alkanes of at least 4 members (excludes halogenated alkanes) is 2. The van der Waals surface area contributed by atoms with Crippen LogP contribution in [0.25, 0.3) is 22.3 Å². The topological polar surface area (TPSA) is 89.5 Å². The van der Waals surface area contributed by atoms with Gasteiger partial charge in [-0.05, 0) is 95.5 Å². The second kappa shape index (κ2) is 20.5. The van der Waals surface area contributed by atoms with Crippen LogP contribution >= 0.6 is 0 Å². The standard InChI is InChI=1S/C48H58O8/c1-5-9-11-33(7-3)29-51-41-25-21-37(22-26-41)35-13-17-39(18-14-35)47(49)55-43-31-53-46-44(32-54-45(43)46)56-48(50)40-19-15-36(16-20-40)38-23-27-42(28-24-38)52-30-34(8-4)12-10-6-2/h13-28,33-34,43-46H,5-12,29-32H2,1-4H3/t33?,34?,43-,44+,45?,46?. The number of carbonyl (C=O) groups excluding carboxylic acids is 2. The first-order chi connectivity index (χ1) is 27.4.